The second kappa shape index (κ2) is 6.56. The standard InChI is InChI=1S/C11H18N2O3S/c1-8(4-6-14)12-10(15)3-5-13-9(2)7-17-11(13)16/h7-8,14H,3-6H2,1-2H3,(H,12,15). The van der Waals surface area contributed by atoms with Gasteiger partial charge in [0.05, 0.1) is 0 Å². The van der Waals surface area contributed by atoms with Gasteiger partial charge in [-0.2, -0.15) is 0 Å². The van der Waals surface area contributed by atoms with E-state index in [0.717, 1.165) is 17.0 Å². The van der Waals surface area contributed by atoms with Gasteiger partial charge in [-0.25, -0.2) is 0 Å². The lowest BCUT2D eigenvalue weighted by Gasteiger charge is -2.12. The van der Waals surface area contributed by atoms with Gasteiger partial charge in [0.25, 0.3) is 0 Å². The number of hydrogen-bond donors (Lipinski definition) is 2. The average Bonchev–Trinajstić information content (AvgIpc) is 2.56. The molecule has 0 saturated heterocycles. The first-order valence-corrected chi connectivity index (χ1v) is 6.47. The molecule has 1 heterocycles. The minimum Gasteiger partial charge on any atom is -0.396 e. The Balaban J connectivity index is 2.41. The summed E-state index contributed by atoms with van der Waals surface area (Å²) in [6.45, 7) is 4.16. The first-order valence-electron chi connectivity index (χ1n) is 5.59. The van der Waals surface area contributed by atoms with Crippen LogP contribution in [0.1, 0.15) is 25.5 Å². The van der Waals surface area contributed by atoms with E-state index in [1.165, 1.54) is 0 Å². The summed E-state index contributed by atoms with van der Waals surface area (Å²) in [4.78, 5) is 22.9. The number of rotatable bonds is 6. The van der Waals surface area contributed by atoms with Crippen LogP contribution in [-0.4, -0.2) is 28.2 Å². The highest BCUT2D eigenvalue weighted by molar-refractivity contribution is 7.07. The highest BCUT2D eigenvalue weighted by Gasteiger charge is 2.08. The van der Waals surface area contributed by atoms with Crippen molar-refractivity contribution in [2.75, 3.05) is 6.61 Å². The van der Waals surface area contributed by atoms with Gasteiger partial charge in [-0.15, -0.1) is 0 Å². The summed E-state index contributed by atoms with van der Waals surface area (Å²) in [5.41, 5.74) is 0.885. The average molecular weight is 258 g/mol. The lowest BCUT2D eigenvalue weighted by atomic mass is 10.2. The molecule has 96 valence electrons. The number of carbonyl (C=O) groups is 1. The third-order valence-electron chi connectivity index (χ3n) is 2.51. The van der Waals surface area contributed by atoms with E-state index < -0.39 is 0 Å². The fraction of sp³-hybridized carbons (Fsp3) is 0.636. The van der Waals surface area contributed by atoms with Gasteiger partial charge in [0.1, 0.15) is 0 Å². The number of hydrogen-bond acceptors (Lipinski definition) is 4. The second-order valence-electron chi connectivity index (χ2n) is 4.03. The van der Waals surface area contributed by atoms with E-state index in [2.05, 4.69) is 5.32 Å². The van der Waals surface area contributed by atoms with Gasteiger partial charge in [0.15, 0.2) is 0 Å². The van der Waals surface area contributed by atoms with Crippen LogP contribution in [0.3, 0.4) is 0 Å². The molecule has 0 aromatic carbocycles. The Kier molecular flexibility index (Phi) is 5.37. The van der Waals surface area contributed by atoms with Crippen LogP contribution in [0.4, 0.5) is 0 Å². The fourth-order valence-electron chi connectivity index (χ4n) is 1.50. The van der Waals surface area contributed by atoms with Crippen LogP contribution in [0.15, 0.2) is 10.2 Å². The van der Waals surface area contributed by atoms with Gasteiger partial charge in [0, 0.05) is 36.7 Å². The van der Waals surface area contributed by atoms with Crippen LogP contribution in [0, 0.1) is 6.92 Å². The normalized spacial score (nSPS) is 12.4. The SMILES string of the molecule is Cc1csc(=O)n1CCC(=O)NC(C)CCO. The number of aliphatic hydroxyl groups is 1. The van der Waals surface area contributed by atoms with E-state index in [9.17, 15) is 9.59 Å². The Morgan fingerprint density at radius 1 is 1.65 bits per heavy atom. The maximum absolute atomic E-state index is 11.5. The van der Waals surface area contributed by atoms with E-state index in [-0.39, 0.29) is 29.8 Å². The van der Waals surface area contributed by atoms with Gasteiger partial charge in [-0.1, -0.05) is 11.3 Å². The van der Waals surface area contributed by atoms with Crippen molar-refractivity contribution in [2.24, 2.45) is 0 Å². The number of aryl methyl sites for hydroxylation is 1. The lowest BCUT2D eigenvalue weighted by Crippen LogP contribution is -2.34. The van der Waals surface area contributed by atoms with Gasteiger partial charge < -0.3 is 15.0 Å². The van der Waals surface area contributed by atoms with Crippen molar-refractivity contribution >= 4 is 17.2 Å². The molecule has 0 saturated carbocycles. The number of nitrogens with one attached hydrogen (secondary N) is 1. The molecule has 6 heteroatoms. The summed E-state index contributed by atoms with van der Waals surface area (Å²) in [5.74, 6) is -0.0940. The predicted molar refractivity (Wildman–Crippen MR) is 67.2 cm³/mol. The number of thiazole rings is 1. The molecule has 0 aliphatic rings. The van der Waals surface area contributed by atoms with Crippen molar-refractivity contribution in [1.82, 2.24) is 9.88 Å². The van der Waals surface area contributed by atoms with E-state index >= 15 is 0 Å². The predicted octanol–water partition coefficient (Wildman–Crippen LogP) is 0.495. The smallest absolute Gasteiger partial charge is 0.307 e. The highest BCUT2D eigenvalue weighted by Crippen LogP contribution is 2.01. The van der Waals surface area contributed by atoms with Gasteiger partial charge in [0.2, 0.25) is 5.91 Å². The quantitative estimate of drug-likeness (QED) is 0.780. The monoisotopic (exact) mass is 258 g/mol. The van der Waals surface area contributed by atoms with Crippen molar-refractivity contribution in [3.63, 3.8) is 0 Å². The Bertz CT molecular complexity index is 425. The van der Waals surface area contributed by atoms with Crippen molar-refractivity contribution in [1.29, 1.82) is 0 Å². The van der Waals surface area contributed by atoms with Crippen molar-refractivity contribution in [2.45, 2.75) is 39.3 Å². The van der Waals surface area contributed by atoms with Crippen LogP contribution in [0.5, 0.6) is 0 Å². The largest absolute Gasteiger partial charge is 0.396 e. The lowest BCUT2D eigenvalue weighted by molar-refractivity contribution is -0.122. The molecule has 1 aromatic heterocycles. The molecular weight excluding hydrogens is 240 g/mol. The second-order valence-corrected chi connectivity index (χ2v) is 4.85. The van der Waals surface area contributed by atoms with Crippen LogP contribution in [-0.2, 0) is 11.3 Å². The molecule has 17 heavy (non-hydrogen) atoms. The zero-order valence-corrected chi connectivity index (χ0v) is 10.9. The van der Waals surface area contributed by atoms with Crippen molar-refractivity contribution in [3.8, 4) is 0 Å². The zero-order chi connectivity index (χ0) is 12.8. The molecule has 0 fully saturated rings. The molecule has 1 amide bonds. The first-order chi connectivity index (χ1) is 8.04. The molecule has 2 N–H and O–H groups in total. The maximum atomic E-state index is 11.5. The highest BCUT2D eigenvalue weighted by atomic mass is 32.1. The molecule has 0 radical (unpaired) electrons. The molecule has 1 aromatic rings. The van der Waals surface area contributed by atoms with E-state index in [1.54, 1.807) is 9.95 Å². The van der Waals surface area contributed by atoms with Crippen LogP contribution in [0.2, 0.25) is 0 Å². The molecule has 0 bridgehead atoms. The molecule has 0 aliphatic heterocycles. The molecule has 0 spiro atoms. The first kappa shape index (κ1) is 13.9. The summed E-state index contributed by atoms with van der Waals surface area (Å²) in [5, 5.41) is 13.3. The van der Waals surface area contributed by atoms with E-state index in [1.807, 2.05) is 13.8 Å². The molecule has 5 nitrogen and oxygen atoms in total. The Hall–Kier alpha value is -1.14. The van der Waals surface area contributed by atoms with Crippen molar-refractivity contribution < 1.29 is 9.90 Å². The van der Waals surface area contributed by atoms with Crippen LogP contribution >= 0.6 is 11.3 Å². The zero-order valence-electron chi connectivity index (χ0n) is 10.1. The minimum absolute atomic E-state index is 0.0290. The maximum Gasteiger partial charge on any atom is 0.307 e. The number of carbonyl (C=O) groups excluding carboxylic acids is 1. The Morgan fingerprint density at radius 3 is 2.88 bits per heavy atom. The van der Waals surface area contributed by atoms with Gasteiger partial charge in [-0.05, 0) is 20.3 Å². The fourth-order valence-corrected chi connectivity index (χ4v) is 2.26. The Labute approximate surface area is 104 Å². The number of nitrogens with zero attached hydrogens (tertiary/aromatic N) is 1. The molecular formula is C11H18N2O3S. The molecule has 1 rings (SSSR count). The van der Waals surface area contributed by atoms with Crippen LogP contribution < -0.4 is 10.2 Å². The summed E-state index contributed by atoms with van der Waals surface area (Å²) >= 11 is 1.15. The topological polar surface area (TPSA) is 71.3 Å². The summed E-state index contributed by atoms with van der Waals surface area (Å²) in [7, 11) is 0. The number of aliphatic hydroxyl groups excluding tert-OH is 1. The number of aromatic nitrogens is 1. The minimum atomic E-state index is -0.0940. The van der Waals surface area contributed by atoms with Crippen LogP contribution in [0.25, 0.3) is 0 Å². The van der Waals surface area contributed by atoms with Crippen molar-refractivity contribution in [3.05, 3.63) is 20.7 Å². The summed E-state index contributed by atoms with van der Waals surface area (Å²) in [6.07, 6.45) is 0.830. The third-order valence-corrected chi connectivity index (χ3v) is 3.39. The van der Waals surface area contributed by atoms with Gasteiger partial charge in [-0.3, -0.25) is 9.59 Å². The third kappa shape index (κ3) is 4.32. The Morgan fingerprint density at radius 2 is 2.35 bits per heavy atom. The molecule has 0 aliphatic carbocycles. The summed E-state index contributed by atoms with van der Waals surface area (Å²) in [6, 6.07) is -0.0345. The molecule has 1 atom stereocenters. The molecule has 1 unspecified atom stereocenters. The summed E-state index contributed by atoms with van der Waals surface area (Å²) < 4.78 is 1.60. The number of amides is 1. The van der Waals surface area contributed by atoms with E-state index in [4.69, 9.17) is 5.11 Å². The van der Waals surface area contributed by atoms with Gasteiger partial charge >= 0.3 is 4.87 Å². The van der Waals surface area contributed by atoms with E-state index in [0.29, 0.717) is 13.0 Å².